The fraction of sp³-hybridized carbons (Fsp3) is 0.400. The highest BCUT2D eigenvalue weighted by Crippen LogP contribution is 2.31. The Hall–Kier alpha value is -2.44. The minimum Gasteiger partial charge on any atom is -0.296 e. The molecule has 1 aromatic carbocycles. The maximum atomic E-state index is 4.75. The van der Waals surface area contributed by atoms with Crippen LogP contribution in [0.5, 0.6) is 0 Å². The Balaban J connectivity index is 1.52. The van der Waals surface area contributed by atoms with Gasteiger partial charge in [0.05, 0.1) is 0 Å². The molecule has 5 nitrogen and oxygen atoms in total. The minimum atomic E-state index is 0.375. The Morgan fingerprint density at radius 2 is 1.87 bits per heavy atom. The number of rotatable bonds is 5. The fourth-order valence-electron chi connectivity index (χ4n) is 4.24. The lowest BCUT2D eigenvalue weighted by atomic mass is 10.0. The van der Waals surface area contributed by atoms with Crippen molar-refractivity contribution in [2.45, 2.75) is 51.5 Å². The zero-order chi connectivity index (χ0) is 22.0. The van der Waals surface area contributed by atoms with E-state index in [0.717, 1.165) is 37.4 Å². The van der Waals surface area contributed by atoms with Crippen LogP contribution in [-0.4, -0.2) is 37.7 Å². The van der Waals surface area contributed by atoms with Crippen LogP contribution in [0.4, 0.5) is 0 Å². The molecule has 1 unspecified atom stereocenters. The van der Waals surface area contributed by atoms with Crippen molar-refractivity contribution in [1.82, 2.24) is 24.6 Å². The first-order chi connectivity index (χ1) is 14.9. The summed E-state index contributed by atoms with van der Waals surface area (Å²) in [6, 6.07) is 9.14. The number of hydrogen-bond donors (Lipinski definition) is 0. The highest BCUT2D eigenvalue weighted by Gasteiger charge is 2.26. The van der Waals surface area contributed by atoms with Crippen LogP contribution in [0.15, 0.2) is 52.5 Å². The lowest BCUT2D eigenvalue weighted by Crippen LogP contribution is -2.30. The van der Waals surface area contributed by atoms with Gasteiger partial charge < -0.3 is 0 Å². The molecule has 0 spiro atoms. The van der Waals surface area contributed by atoms with E-state index in [9.17, 15) is 0 Å². The van der Waals surface area contributed by atoms with Crippen LogP contribution in [0.2, 0.25) is 0 Å². The summed E-state index contributed by atoms with van der Waals surface area (Å²) in [6.45, 7) is 10.9. The van der Waals surface area contributed by atoms with Crippen molar-refractivity contribution in [1.29, 1.82) is 0 Å². The summed E-state index contributed by atoms with van der Waals surface area (Å²) in [6.07, 6.45) is 5.53. The number of aryl methyl sites for hydroxylation is 2. The summed E-state index contributed by atoms with van der Waals surface area (Å²) in [4.78, 5) is 12.8. The molecule has 3 aromatic rings. The van der Waals surface area contributed by atoms with Crippen LogP contribution in [0.1, 0.15) is 49.2 Å². The molecule has 4 rings (SSSR count). The maximum absolute atomic E-state index is 4.75. The van der Waals surface area contributed by atoms with Crippen molar-refractivity contribution in [3.63, 3.8) is 0 Å². The van der Waals surface area contributed by atoms with E-state index in [1.807, 2.05) is 29.6 Å². The molecule has 3 heterocycles. The van der Waals surface area contributed by atoms with E-state index in [-0.39, 0.29) is 0 Å². The van der Waals surface area contributed by atoms with Gasteiger partial charge in [0.2, 0.25) is 0 Å². The Morgan fingerprint density at radius 1 is 1.13 bits per heavy atom. The van der Waals surface area contributed by atoms with Crippen LogP contribution < -0.4 is 0 Å². The van der Waals surface area contributed by atoms with E-state index in [4.69, 9.17) is 5.10 Å². The first-order valence-electron chi connectivity index (χ1n) is 10.9. The number of aromatic nitrogens is 4. The summed E-state index contributed by atoms with van der Waals surface area (Å²) >= 11 is 1.81. The predicted octanol–water partition coefficient (Wildman–Crippen LogP) is 5.36. The molecule has 1 aliphatic rings. The van der Waals surface area contributed by atoms with Crippen LogP contribution >= 0.6 is 11.8 Å². The van der Waals surface area contributed by atoms with Gasteiger partial charge in [-0.05, 0) is 62.8 Å². The molecule has 0 bridgehead atoms. The van der Waals surface area contributed by atoms with Crippen LogP contribution in [-0.2, 0) is 19.9 Å². The second kappa shape index (κ2) is 9.37. The van der Waals surface area contributed by atoms with E-state index in [0.29, 0.717) is 6.04 Å². The van der Waals surface area contributed by atoms with Gasteiger partial charge in [-0.25, -0.2) is 9.97 Å². The third-order valence-electron chi connectivity index (χ3n) is 5.99. The van der Waals surface area contributed by atoms with Gasteiger partial charge in [0, 0.05) is 61.1 Å². The average molecular weight is 434 g/mol. The number of thioether (sulfide) groups is 1. The third kappa shape index (κ3) is 4.75. The lowest BCUT2D eigenvalue weighted by molar-refractivity contribution is 0.220. The second-order valence-corrected chi connectivity index (χ2v) is 9.43. The van der Waals surface area contributed by atoms with Crippen LogP contribution in [0.25, 0.3) is 11.5 Å². The van der Waals surface area contributed by atoms with Crippen molar-refractivity contribution in [3.05, 3.63) is 70.0 Å². The smallest absolute Gasteiger partial charge is 0.180 e. The molecule has 1 atom stereocenters. The van der Waals surface area contributed by atoms with Gasteiger partial charge in [-0.1, -0.05) is 29.5 Å². The first-order valence-corrected chi connectivity index (χ1v) is 11.8. The Morgan fingerprint density at radius 3 is 2.58 bits per heavy atom. The van der Waals surface area contributed by atoms with E-state index in [2.05, 4.69) is 66.2 Å². The van der Waals surface area contributed by atoms with E-state index >= 15 is 0 Å². The molecular formula is C25H31N5S. The molecule has 0 saturated heterocycles. The molecule has 31 heavy (non-hydrogen) atoms. The normalized spacial score (nSPS) is 15.3. The third-order valence-corrected chi connectivity index (χ3v) is 7.29. The van der Waals surface area contributed by atoms with Crippen molar-refractivity contribution < 1.29 is 0 Å². The summed E-state index contributed by atoms with van der Waals surface area (Å²) in [5.41, 5.74) is 7.60. The standard InChI is InChI=1S/C25H31N5S/c1-17(2)16-31-23-8-7-20(15-18(23)3)19(4)30-13-9-21-22(10-14-30)29(5)28-24(21)25-26-11-6-12-27-25/h6-8,11-12,15-16,19H,9-10,13-14H2,1-5H3. The van der Waals surface area contributed by atoms with Gasteiger partial charge in [-0.15, -0.1) is 0 Å². The zero-order valence-electron chi connectivity index (χ0n) is 19.1. The molecule has 0 fully saturated rings. The molecule has 0 amide bonds. The molecule has 0 saturated carbocycles. The molecule has 1 aliphatic heterocycles. The Labute approximate surface area is 189 Å². The van der Waals surface area contributed by atoms with Gasteiger partial charge in [0.15, 0.2) is 5.82 Å². The molecule has 2 aromatic heterocycles. The van der Waals surface area contributed by atoms with Crippen LogP contribution in [0.3, 0.4) is 0 Å². The van der Waals surface area contributed by atoms with E-state index in [1.165, 1.54) is 32.9 Å². The molecule has 162 valence electrons. The van der Waals surface area contributed by atoms with Gasteiger partial charge in [0.1, 0.15) is 5.69 Å². The second-order valence-electron chi connectivity index (χ2n) is 8.52. The van der Waals surface area contributed by atoms with E-state index in [1.54, 1.807) is 12.4 Å². The van der Waals surface area contributed by atoms with Gasteiger partial charge >= 0.3 is 0 Å². The summed E-state index contributed by atoms with van der Waals surface area (Å²) < 4.78 is 2.02. The fourth-order valence-corrected chi connectivity index (χ4v) is 4.99. The minimum absolute atomic E-state index is 0.375. The maximum Gasteiger partial charge on any atom is 0.180 e. The van der Waals surface area contributed by atoms with Gasteiger partial charge in [0.25, 0.3) is 0 Å². The largest absolute Gasteiger partial charge is 0.296 e. The predicted molar refractivity (Wildman–Crippen MR) is 128 cm³/mol. The van der Waals surface area contributed by atoms with Gasteiger partial charge in [-0.3, -0.25) is 9.58 Å². The van der Waals surface area contributed by atoms with Crippen LogP contribution in [0, 0.1) is 6.92 Å². The number of allylic oxidation sites excluding steroid dienone is 1. The zero-order valence-corrected chi connectivity index (χ0v) is 19.9. The summed E-state index contributed by atoms with van der Waals surface area (Å²) in [5.74, 6) is 0.723. The van der Waals surface area contributed by atoms with E-state index < -0.39 is 0 Å². The molecule has 0 N–H and O–H groups in total. The Bertz CT molecular complexity index is 1080. The number of nitrogens with zero attached hydrogens (tertiary/aromatic N) is 5. The lowest BCUT2D eigenvalue weighted by Gasteiger charge is -2.28. The quantitative estimate of drug-likeness (QED) is 0.507. The van der Waals surface area contributed by atoms with Crippen molar-refractivity contribution in [3.8, 4) is 11.5 Å². The highest BCUT2D eigenvalue weighted by molar-refractivity contribution is 8.02. The average Bonchev–Trinajstić information content (AvgIpc) is 2.94. The Kier molecular flexibility index (Phi) is 6.58. The molecular weight excluding hydrogens is 402 g/mol. The number of hydrogen-bond acceptors (Lipinski definition) is 5. The molecule has 0 aliphatic carbocycles. The summed E-state index contributed by atoms with van der Waals surface area (Å²) in [7, 11) is 2.04. The van der Waals surface area contributed by atoms with Crippen molar-refractivity contribution in [2.75, 3.05) is 13.1 Å². The SMILES string of the molecule is CC(C)=CSc1ccc(C(C)N2CCc3c(-c4ncccn4)nn(C)c3CC2)cc1C. The number of fused-ring (bicyclic) bond motifs is 1. The highest BCUT2D eigenvalue weighted by atomic mass is 32.2. The van der Waals surface area contributed by atoms with Crippen molar-refractivity contribution >= 4 is 11.8 Å². The molecule has 0 radical (unpaired) electrons. The van der Waals surface area contributed by atoms with Gasteiger partial charge in [-0.2, -0.15) is 5.10 Å². The molecule has 6 heteroatoms. The number of benzene rings is 1. The topological polar surface area (TPSA) is 46.8 Å². The summed E-state index contributed by atoms with van der Waals surface area (Å²) in [5, 5.41) is 6.97. The monoisotopic (exact) mass is 433 g/mol. The first kappa shape index (κ1) is 21.8. The van der Waals surface area contributed by atoms with Crippen molar-refractivity contribution in [2.24, 2.45) is 7.05 Å².